The van der Waals surface area contributed by atoms with E-state index in [4.69, 9.17) is 0 Å². The first-order valence-corrected chi connectivity index (χ1v) is 4.44. The van der Waals surface area contributed by atoms with Crippen molar-refractivity contribution in [2.45, 2.75) is 26.2 Å². The number of esters is 2. The van der Waals surface area contributed by atoms with E-state index in [1.807, 2.05) is 0 Å². The van der Waals surface area contributed by atoms with E-state index in [9.17, 15) is 9.59 Å². The van der Waals surface area contributed by atoms with Crippen molar-refractivity contribution in [1.29, 1.82) is 0 Å². The van der Waals surface area contributed by atoms with Gasteiger partial charge in [0.15, 0.2) is 0 Å². The molecule has 0 amide bonds. The molecule has 2 fully saturated rings. The van der Waals surface area contributed by atoms with E-state index < -0.39 is 0 Å². The van der Waals surface area contributed by atoms with Crippen LogP contribution in [0.1, 0.15) is 26.2 Å². The highest BCUT2D eigenvalue weighted by Gasteiger charge is 2.46. The molecule has 1 heterocycles. The Morgan fingerprint density at radius 3 is 2.58 bits per heavy atom. The second kappa shape index (κ2) is 2.57. The molecule has 1 saturated carbocycles. The minimum absolute atomic E-state index is 0.117. The predicted molar refractivity (Wildman–Crippen MR) is 41.1 cm³/mol. The van der Waals surface area contributed by atoms with E-state index in [0.717, 1.165) is 19.3 Å². The molecule has 66 valence electrons. The van der Waals surface area contributed by atoms with Crippen LogP contribution in [0.15, 0.2) is 0 Å². The van der Waals surface area contributed by atoms with Gasteiger partial charge in [0.25, 0.3) is 0 Å². The van der Waals surface area contributed by atoms with Crippen LogP contribution >= 0.6 is 0 Å². The molecule has 0 aromatic heterocycles. The smallest absolute Gasteiger partial charge is 0.317 e. The summed E-state index contributed by atoms with van der Waals surface area (Å²) in [5.41, 5.74) is 0. The molecular weight excluding hydrogens is 156 g/mol. The molecule has 3 heteroatoms. The number of hydrogen-bond donors (Lipinski definition) is 0. The number of fused-ring (bicyclic) bond motifs is 1. The van der Waals surface area contributed by atoms with Crippen LogP contribution in [-0.4, -0.2) is 11.9 Å². The van der Waals surface area contributed by atoms with Crippen LogP contribution in [0.3, 0.4) is 0 Å². The van der Waals surface area contributed by atoms with Gasteiger partial charge in [-0.2, -0.15) is 0 Å². The summed E-state index contributed by atoms with van der Waals surface area (Å²) in [5, 5.41) is 0. The number of ether oxygens (including phenoxy) is 1. The van der Waals surface area contributed by atoms with Gasteiger partial charge in [0, 0.05) is 0 Å². The average Bonchev–Trinajstić information content (AvgIpc) is 2.28. The predicted octanol–water partition coefficient (Wildman–Crippen LogP) is 1.12. The highest BCUT2D eigenvalue weighted by atomic mass is 16.6. The maximum absolute atomic E-state index is 11.1. The molecule has 0 spiro atoms. The van der Waals surface area contributed by atoms with Gasteiger partial charge < -0.3 is 4.74 Å². The normalized spacial score (nSPS) is 40.9. The Morgan fingerprint density at radius 1 is 1.17 bits per heavy atom. The Kier molecular flexibility index (Phi) is 1.67. The molecule has 0 N–H and O–H groups in total. The van der Waals surface area contributed by atoms with E-state index in [0.29, 0.717) is 5.92 Å². The zero-order valence-corrected chi connectivity index (χ0v) is 7.08. The zero-order chi connectivity index (χ0) is 8.72. The van der Waals surface area contributed by atoms with Crippen LogP contribution in [0, 0.1) is 17.8 Å². The molecule has 0 aromatic carbocycles. The first-order chi connectivity index (χ1) is 5.68. The third kappa shape index (κ3) is 1.04. The van der Waals surface area contributed by atoms with Crippen LogP contribution < -0.4 is 0 Å². The molecule has 1 unspecified atom stereocenters. The van der Waals surface area contributed by atoms with Crippen molar-refractivity contribution in [3.05, 3.63) is 0 Å². The standard InChI is InChI=1S/C9H12O3/c1-5-2-3-6-7(4-5)9(11)12-8(6)10/h5-7H,2-4H2,1H3/t5-,6+,7?/m1/s1. The van der Waals surface area contributed by atoms with Crippen molar-refractivity contribution in [3.8, 4) is 0 Å². The van der Waals surface area contributed by atoms with E-state index in [-0.39, 0.29) is 23.8 Å². The fourth-order valence-electron chi connectivity index (χ4n) is 2.17. The quantitative estimate of drug-likeness (QED) is 0.402. The molecule has 1 saturated heterocycles. The maximum Gasteiger partial charge on any atom is 0.317 e. The van der Waals surface area contributed by atoms with Gasteiger partial charge in [-0.3, -0.25) is 9.59 Å². The third-order valence-electron chi connectivity index (χ3n) is 2.92. The summed E-state index contributed by atoms with van der Waals surface area (Å²) in [6.07, 6.45) is 2.70. The lowest BCUT2D eigenvalue weighted by Gasteiger charge is -2.24. The van der Waals surface area contributed by atoms with Crippen molar-refractivity contribution < 1.29 is 14.3 Å². The van der Waals surface area contributed by atoms with Crippen molar-refractivity contribution in [1.82, 2.24) is 0 Å². The second-order valence-electron chi connectivity index (χ2n) is 3.87. The fraction of sp³-hybridized carbons (Fsp3) is 0.778. The Bertz CT molecular complexity index is 234. The van der Waals surface area contributed by atoms with Crippen molar-refractivity contribution in [2.24, 2.45) is 17.8 Å². The summed E-state index contributed by atoms with van der Waals surface area (Å²) in [6, 6.07) is 0. The van der Waals surface area contributed by atoms with E-state index in [1.54, 1.807) is 0 Å². The van der Waals surface area contributed by atoms with Gasteiger partial charge in [-0.1, -0.05) is 6.92 Å². The van der Waals surface area contributed by atoms with Crippen LogP contribution in [0.5, 0.6) is 0 Å². The van der Waals surface area contributed by atoms with E-state index in [2.05, 4.69) is 11.7 Å². The fourth-order valence-corrected chi connectivity index (χ4v) is 2.17. The summed E-state index contributed by atoms with van der Waals surface area (Å²) in [4.78, 5) is 22.2. The highest BCUT2D eigenvalue weighted by Crippen LogP contribution is 2.38. The van der Waals surface area contributed by atoms with Gasteiger partial charge in [0.1, 0.15) is 0 Å². The minimum atomic E-state index is -0.295. The second-order valence-corrected chi connectivity index (χ2v) is 3.87. The Morgan fingerprint density at radius 2 is 1.83 bits per heavy atom. The monoisotopic (exact) mass is 168 g/mol. The van der Waals surface area contributed by atoms with Gasteiger partial charge >= 0.3 is 11.9 Å². The lowest BCUT2D eigenvalue weighted by Crippen LogP contribution is -2.25. The SMILES string of the molecule is C[C@@H]1CC[C@@H]2C(=O)OC(=O)C2C1. The summed E-state index contributed by atoms with van der Waals surface area (Å²) in [6.45, 7) is 2.12. The molecule has 2 rings (SSSR count). The van der Waals surface area contributed by atoms with Gasteiger partial charge in [-0.25, -0.2) is 0 Å². The number of cyclic esters (lactones) is 2. The molecule has 3 atom stereocenters. The average molecular weight is 168 g/mol. The summed E-state index contributed by atoms with van der Waals surface area (Å²) < 4.78 is 4.58. The summed E-state index contributed by atoms with van der Waals surface area (Å²) >= 11 is 0. The van der Waals surface area contributed by atoms with Crippen molar-refractivity contribution >= 4 is 11.9 Å². The maximum atomic E-state index is 11.1. The largest absolute Gasteiger partial charge is 0.393 e. The van der Waals surface area contributed by atoms with Crippen LogP contribution in [0.25, 0.3) is 0 Å². The van der Waals surface area contributed by atoms with Crippen LogP contribution in [0.4, 0.5) is 0 Å². The first-order valence-electron chi connectivity index (χ1n) is 4.44. The van der Waals surface area contributed by atoms with E-state index in [1.165, 1.54) is 0 Å². The summed E-state index contributed by atoms with van der Waals surface area (Å²) in [5.74, 6) is -0.270. The first kappa shape index (κ1) is 7.77. The molecular formula is C9H12O3. The number of carbonyl (C=O) groups is 2. The van der Waals surface area contributed by atoms with Crippen LogP contribution in [0.2, 0.25) is 0 Å². The van der Waals surface area contributed by atoms with Gasteiger partial charge in [-0.15, -0.1) is 0 Å². The molecule has 2 aliphatic rings. The lowest BCUT2D eigenvalue weighted by atomic mass is 9.76. The van der Waals surface area contributed by atoms with Gasteiger partial charge in [0.05, 0.1) is 11.8 Å². The van der Waals surface area contributed by atoms with E-state index >= 15 is 0 Å². The number of carbonyl (C=O) groups excluding carboxylic acids is 2. The topological polar surface area (TPSA) is 43.4 Å². The van der Waals surface area contributed by atoms with Crippen molar-refractivity contribution in [3.63, 3.8) is 0 Å². The third-order valence-corrected chi connectivity index (χ3v) is 2.92. The lowest BCUT2D eigenvalue weighted by molar-refractivity contribution is -0.153. The molecule has 0 radical (unpaired) electrons. The molecule has 0 aromatic rings. The number of hydrogen-bond acceptors (Lipinski definition) is 3. The van der Waals surface area contributed by atoms with Crippen LogP contribution in [-0.2, 0) is 14.3 Å². The Labute approximate surface area is 71.1 Å². The highest BCUT2D eigenvalue weighted by molar-refractivity contribution is 5.96. The molecule has 3 nitrogen and oxygen atoms in total. The number of rotatable bonds is 0. The molecule has 1 aliphatic carbocycles. The molecule has 12 heavy (non-hydrogen) atoms. The Balaban J connectivity index is 2.17. The van der Waals surface area contributed by atoms with Crippen molar-refractivity contribution in [2.75, 3.05) is 0 Å². The minimum Gasteiger partial charge on any atom is -0.393 e. The summed E-state index contributed by atoms with van der Waals surface area (Å²) in [7, 11) is 0. The van der Waals surface area contributed by atoms with Gasteiger partial charge in [-0.05, 0) is 25.2 Å². The molecule has 0 bridgehead atoms. The van der Waals surface area contributed by atoms with Gasteiger partial charge in [0.2, 0.25) is 0 Å². The molecule has 1 aliphatic heterocycles. The zero-order valence-electron chi connectivity index (χ0n) is 7.08. The Hall–Kier alpha value is -0.860.